The van der Waals surface area contributed by atoms with Crippen LogP contribution in [0.5, 0.6) is 0 Å². The summed E-state index contributed by atoms with van der Waals surface area (Å²) in [5.74, 6) is 1.53. The molecule has 4 heterocycles. The average molecular weight is 346 g/mol. The van der Waals surface area contributed by atoms with Gasteiger partial charge in [0.25, 0.3) is 0 Å². The van der Waals surface area contributed by atoms with E-state index in [1.54, 1.807) is 0 Å². The van der Waals surface area contributed by atoms with Crippen LogP contribution in [0.25, 0.3) is 0 Å². The van der Waals surface area contributed by atoms with E-state index in [1.807, 2.05) is 19.3 Å². The van der Waals surface area contributed by atoms with Crippen LogP contribution < -0.4 is 5.32 Å². The largest absolute Gasteiger partial charge is 0.381 e. The van der Waals surface area contributed by atoms with E-state index < -0.39 is 0 Å². The van der Waals surface area contributed by atoms with Crippen LogP contribution >= 0.6 is 0 Å². The van der Waals surface area contributed by atoms with E-state index in [-0.39, 0.29) is 5.60 Å². The second-order valence-corrected chi connectivity index (χ2v) is 7.99. The smallest absolute Gasteiger partial charge is 0.222 e. The molecule has 0 radical (unpaired) electrons. The first-order valence-corrected chi connectivity index (χ1v) is 9.70. The third-order valence-corrected chi connectivity index (χ3v) is 5.86. The molecule has 3 aliphatic rings. The highest BCUT2D eigenvalue weighted by Gasteiger charge is 2.43. The summed E-state index contributed by atoms with van der Waals surface area (Å²) in [6.07, 6.45) is 9.38. The lowest BCUT2D eigenvalue weighted by Gasteiger charge is -2.39. The van der Waals surface area contributed by atoms with Crippen molar-refractivity contribution in [1.29, 1.82) is 0 Å². The van der Waals surface area contributed by atoms with Crippen molar-refractivity contribution in [3.8, 4) is 0 Å². The van der Waals surface area contributed by atoms with E-state index in [0.717, 1.165) is 69.6 Å². The molecule has 4 rings (SSSR count). The molecule has 0 aromatic carbocycles. The van der Waals surface area contributed by atoms with E-state index >= 15 is 0 Å². The summed E-state index contributed by atoms with van der Waals surface area (Å²) in [6.45, 7) is 8.13. The standard InChI is InChI=1S/C19H30N4O2/c1-15-11-20-18(21-12-15)22-17-4-9-25-19(10-17)5-6-23(14-19)13-16-2-7-24-8-3-16/h11-12,16-17H,2-10,13-14H2,1H3,(H,20,21,22)/t17-,19-/m1/s1. The maximum Gasteiger partial charge on any atom is 0.222 e. The fourth-order valence-corrected chi connectivity index (χ4v) is 4.46. The Hall–Kier alpha value is -1.24. The van der Waals surface area contributed by atoms with Gasteiger partial charge in [0.2, 0.25) is 5.95 Å². The topological polar surface area (TPSA) is 59.5 Å². The Morgan fingerprint density at radius 2 is 2.00 bits per heavy atom. The number of aryl methyl sites for hydroxylation is 1. The zero-order valence-corrected chi connectivity index (χ0v) is 15.2. The minimum atomic E-state index is 0.0196. The number of hydrogen-bond donors (Lipinski definition) is 1. The van der Waals surface area contributed by atoms with Crippen LogP contribution in [0.2, 0.25) is 0 Å². The predicted molar refractivity (Wildman–Crippen MR) is 96.7 cm³/mol. The van der Waals surface area contributed by atoms with Crippen LogP contribution in [-0.2, 0) is 9.47 Å². The first-order chi connectivity index (χ1) is 12.2. The van der Waals surface area contributed by atoms with E-state index in [0.29, 0.717) is 6.04 Å². The van der Waals surface area contributed by atoms with Crippen LogP contribution in [-0.4, -0.2) is 66.0 Å². The summed E-state index contributed by atoms with van der Waals surface area (Å²) in [5, 5.41) is 3.52. The van der Waals surface area contributed by atoms with Gasteiger partial charge in [-0.25, -0.2) is 9.97 Å². The van der Waals surface area contributed by atoms with Gasteiger partial charge < -0.3 is 19.7 Å². The SMILES string of the molecule is Cc1cnc(N[C@@H]2CCO[C@]3(CCN(CC4CCOCC4)C3)C2)nc1. The summed E-state index contributed by atoms with van der Waals surface area (Å²) in [6, 6.07) is 0.402. The Bertz CT molecular complexity index is 561. The average Bonchev–Trinajstić information content (AvgIpc) is 3.00. The quantitative estimate of drug-likeness (QED) is 0.902. The first kappa shape index (κ1) is 17.2. The molecule has 0 amide bonds. The van der Waals surface area contributed by atoms with E-state index in [9.17, 15) is 0 Å². The van der Waals surface area contributed by atoms with Gasteiger partial charge in [0, 0.05) is 57.9 Å². The number of nitrogens with one attached hydrogen (secondary N) is 1. The molecular formula is C19H30N4O2. The summed E-state index contributed by atoms with van der Waals surface area (Å²) in [5.41, 5.74) is 1.11. The van der Waals surface area contributed by atoms with Crippen molar-refractivity contribution >= 4 is 5.95 Å². The first-order valence-electron chi connectivity index (χ1n) is 9.70. The second kappa shape index (κ2) is 7.56. The fraction of sp³-hybridized carbons (Fsp3) is 0.789. The van der Waals surface area contributed by atoms with Gasteiger partial charge in [-0.2, -0.15) is 0 Å². The van der Waals surface area contributed by atoms with Crippen LogP contribution in [0.15, 0.2) is 12.4 Å². The Balaban J connectivity index is 1.31. The number of rotatable bonds is 4. The summed E-state index contributed by atoms with van der Waals surface area (Å²) in [4.78, 5) is 11.4. The maximum absolute atomic E-state index is 6.29. The lowest BCUT2D eigenvalue weighted by Crippen LogP contribution is -2.47. The molecule has 1 N–H and O–H groups in total. The number of likely N-dealkylation sites (tertiary alicyclic amines) is 1. The number of nitrogens with zero attached hydrogens (tertiary/aromatic N) is 3. The molecule has 0 unspecified atom stereocenters. The van der Waals surface area contributed by atoms with Crippen LogP contribution in [0.1, 0.15) is 37.7 Å². The van der Waals surface area contributed by atoms with Crippen molar-refractivity contribution in [3.63, 3.8) is 0 Å². The van der Waals surface area contributed by atoms with Crippen molar-refractivity contribution in [1.82, 2.24) is 14.9 Å². The molecule has 0 bridgehead atoms. The molecule has 3 saturated heterocycles. The highest BCUT2D eigenvalue weighted by molar-refractivity contribution is 5.26. The lowest BCUT2D eigenvalue weighted by molar-refractivity contribution is -0.0744. The molecule has 0 saturated carbocycles. The molecule has 6 heteroatoms. The molecule has 2 atom stereocenters. The molecule has 0 aliphatic carbocycles. The fourth-order valence-electron chi connectivity index (χ4n) is 4.46. The van der Waals surface area contributed by atoms with Gasteiger partial charge in [0.05, 0.1) is 5.60 Å². The van der Waals surface area contributed by atoms with Crippen LogP contribution in [0.4, 0.5) is 5.95 Å². The van der Waals surface area contributed by atoms with Gasteiger partial charge in [-0.1, -0.05) is 0 Å². The molecule has 3 aliphatic heterocycles. The Labute approximate surface area is 150 Å². The molecule has 3 fully saturated rings. The number of aromatic nitrogens is 2. The van der Waals surface area contributed by atoms with Crippen molar-refractivity contribution in [2.24, 2.45) is 5.92 Å². The van der Waals surface area contributed by atoms with Crippen molar-refractivity contribution < 1.29 is 9.47 Å². The summed E-state index contributed by atoms with van der Waals surface area (Å²) < 4.78 is 11.8. The normalized spacial score (nSPS) is 31.5. The van der Waals surface area contributed by atoms with Gasteiger partial charge >= 0.3 is 0 Å². The van der Waals surface area contributed by atoms with Gasteiger partial charge in [-0.3, -0.25) is 0 Å². The van der Waals surface area contributed by atoms with E-state index in [2.05, 4.69) is 20.2 Å². The zero-order valence-electron chi connectivity index (χ0n) is 15.2. The van der Waals surface area contributed by atoms with Crippen LogP contribution in [0.3, 0.4) is 0 Å². The van der Waals surface area contributed by atoms with Gasteiger partial charge in [0.15, 0.2) is 0 Å². The lowest BCUT2D eigenvalue weighted by atomic mass is 9.89. The minimum Gasteiger partial charge on any atom is -0.381 e. The second-order valence-electron chi connectivity index (χ2n) is 7.99. The Morgan fingerprint density at radius 3 is 2.80 bits per heavy atom. The molecule has 1 spiro atoms. The molecule has 6 nitrogen and oxygen atoms in total. The Kier molecular flexibility index (Phi) is 5.20. The third kappa shape index (κ3) is 4.30. The third-order valence-electron chi connectivity index (χ3n) is 5.86. The van der Waals surface area contributed by atoms with Gasteiger partial charge in [0.1, 0.15) is 0 Å². The highest BCUT2D eigenvalue weighted by atomic mass is 16.5. The Morgan fingerprint density at radius 1 is 1.20 bits per heavy atom. The maximum atomic E-state index is 6.29. The van der Waals surface area contributed by atoms with E-state index in [4.69, 9.17) is 9.47 Å². The van der Waals surface area contributed by atoms with Crippen molar-refractivity contribution in [3.05, 3.63) is 18.0 Å². The zero-order chi connectivity index (χ0) is 17.1. The van der Waals surface area contributed by atoms with Crippen LogP contribution in [0, 0.1) is 12.8 Å². The molecule has 1 aromatic rings. The number of ether oxygens (including phenoxy) is 2. The molecular weight excluding hydrogens is 316 g/mol. The predicted octanol–water partition coefficient (Wildman–Crippen LogP) is 2.25. The minimum absolute atomic E-state index is 0.0196. The van der Waals surface area contributed by atoms with Gasteiger partial charge in [-0.05, 0) is 50.5 Å². The molecule has 138 valence electrons. The van der Waals surface area contributed by atoms with E-state index in [1.165, 1.54) is 19.4 Å². The highest BCUT2D eigenvalue weighted by Crippen LogP contribution is 2.35. The summed E-state index contributed by atoms with van der Waals surface area (Å²) >= 11 is 0. The number of hydrogen-bond acceptors (Lipinski definition) is 6. The van der Waals surface area contributed by atoms with Gasteiger partial charge in [-0.15, -0.1) is 0 Å². The van der Waals surface area contributed by atoms with Crippen molar-refractivity contribution in [2.45, 2.75) is 50.7 Å². The molecule has 1 aromatic heterocycles. The van der Waals surface area contributed by atoms with Crippen molar-refractivity contribution in [2.75, 3.05) is 44.8 Å². The monoisotopic (exact) mass is 346 g/mol. The molecule has 25 heavy (non-hydrogen) atoms. The number of anilines is 1. The summed E-state index contributed by atoms with van der Waals surface area (Å²) in [7, 11) is 0.